The molecule has 0 atom stereocenters. The van der Waals surface area contributed by atoms with Crippen LogP contribution in [0, 0.1) is 10.1 Å². The van der Waals surface area contributed by atoms with E-state index in [0.717, 1.165) is 49.6 Å². The van der Waals surface area contributed by atoms with E-state index in [1.807, 2.05) is 72.9 Å². The summed E-state index contributed by atoms with van der Waals surface area (Å²) in [6.45, 7) is 0.585. The van der Waals surface area contributed by atoms with Gasteiger partial charge in [0, 0.05) is 52.6 Å². The Morgan fingerprint density at radius 3 is 1.64 bits per heavy atom. The van der Waals surface area contributed by atoms with Crippen LogP contribution in [-0.4, -0.2) is 34.5 Å². The maximum absolute atomic E-state index is 12.2. The van der Waals surface area contributed by atoms with E-state index in [4.69, 9.17) is 5.73 Å². The predicted octanol–water partition coefficient (Wildman–Crippen LogP) is 6.37. The van der Waals surface area contributed by atoms with Gasteiger partial charge in [-0.1, -0.05) is 60.7 Å². The minimum atomic E-state index is -0.434. The molecular formula is C38H30N8O4. The summed E-state index contributed by atoms with van der Waals surface area (Å²) in [7, 11) is 0. The van der Waals surface area contributed by atoms with Crippen molar-refractivity contribution in [3.63, 3.8) is 0 Å². The molecule has 0 bridgehead atoms. The molecule has 246 valence electrons. The van der Waals surface area contributed by atoms with Gasteiger partial charge in [0.05, 0.1) is 41.4 Å². The van der Waals surface area contributed by atoms with Crippen molar-refractivity contribution in [3.05, 3.63) is 176 Å². The highest BCUT2D eigenvalue weighted by atomic mass is 16.6. The summed E-state index contributed by atoms with van der Waals surface area (Å²) in [5.41, 5.74) is 13.5. The molecule has 0 fully saturated rings. The second-order valence-corrected chi connectivity index (χ2v) is 11.7. The fourth-order valence-corrected chi connectivity index (χ4v) is 5.75. The van der Waals surface area contributed by atoms with Crippen LogP contribution in [-0.2, 0) is 13.1 Å². The summed E-state index contributed by atoms with van der Waals surface area (Å²) < 4.78 is 3.16. The molecule has 0 unspecified atom stereocenters. The fourth-order valence-electron chi connectivity index (χ4n) is 5.75. The second-order valence-electron chi connectivity index (χ2n) is 11.7. The topological polar surface area (TPSA) is 171 Å². The molecular weight excluding hydrogens is 632 g/mol. The number of nitrogens with zero attached hydrogens (tertiary/aromatic N) is 5. The van der Waals surface area contributed by atoms with E-state index in [-0.39, 0.29) is 23.4 Å². The molecule has 8 rings (SSSR count). The predicted molar refractivity (Wildman–Crippen MR) is 194 cm³/mol. The summed E-state index contributed by atoms with van der Waals surface area (Å²) >= 11 is 0. The largest absolute Gasteiger partial charge is 0.398 e. The van der Waals surface area contributed by atoms with Crippen molar-refractivity contribution in [1.82, 2.24) is 29.5 Å². The molecule has 0 amide bonds. The number of benzene rings is 4. The van der Waals surface area contributed by atoms with Crippen molar-refractivity contribution in [2.24, 2.45) is 0 Å². The lowest BCUT2D eigenvalue weighted by Gasteiger charge is -2.10. The highest BCUT2D eigenvalue weighted by Crippen LogP contribution is 2.25. The zero-order valence-corrected chi connectivity index (χ0v) is 26.6. The Morgan fingerprint density at radius 2 is 1.10 bits per heavy atom. The number of H-pyrrole nitrogens is 2. The van der Waals surface area contributed by atoms with Gasteiger partial charge in [0.15, 0.2) is 0 Å². The standard InChI is InChI=1S/C19H14N4O3.C19H16N4O/c24-19-8-7-15(13-5-6-14-10-20-21-17(14)9-13)11-22(19)12-16-3-1-2-4-18(16)23(25)26;20-17-4-2-1-3-16(17)12-23-11-15(7-8-19(23)24)13-5-6-14-10-21-22-18(14)9-13/h1-11H,12H2,(H,20,21);1-11H,12,20H2,(H,21,22). The molecule has 0 aliphatic rings. The number of nitro groups is 1. The maximum atomic E-state index is 12.2. The van der Waals surface area contributed by atoms with Crippen LogP contribution in [0.25, 0.3) is 44.1 Å². The number of fused-ring (bicyclic) bond motifs is 2. The van der Waals surface area contributed by atoms with Crippen molar-refractivity contribution in [2.75, 3.05) is 5.73 Å². The van der Waals surface area contributed by atoms with E-state index in [9.17, 15) is 19.7 Å². The highest BCUT2D eigenvalue weighted by Gasteiger charge is 2.14. The highest BCUT2D eigenvalue weighted by molar-refractivity contribution is 5.84. The Morgan fingerprint density at radius 1 is 0.620 bits per heavy atom. The van der Waals surface area contributed by atoms with Crippen molar-refractivity contribution < 1.29 is 4.92 Å². The summed E-state index contributed by atoms with van der Waals surface area (Å²) in [5.74, 6) is 0. The van der Waals surface area contributed by atoms with Crippen LogP contribution in [0.2, 0.25) is 0 Å². The second kappa shape index (κ2) is 13.6. The number of pyridine rings is 2. The van der Waals surface area contributed by atoms with Gasteiger partial charge in [-0.25, -0.2) is 0 Å². The molecule has 8 aromatic rings. The van der Waals surface area contributed by atoms with E-state index in [2.05, 4.69) is 20.4 Å². The summed E-state index contributed by atoms with van der Waals surface area (Å²) in [5, 5.41) is 27.2. The number of anilines is 1. The molecule has 4 aromatic carbocycles. The number of nitrogens with one attached hydrogen (secondary N) is 2. The monoisotopic (exact) mass is 662 g/mol. The maximum Gasteiger partial charge on any atom is 0.274 e. The normalized spacial score (nSPS) is 11.0. The Bertz CT molecular complexity index is 2620. The molecule has 0 saturated carbocycles. The van der Waals surface area contributed by atoms with Crippen LogP contribution in [0.5, 0.6) is 0 Å². The van der Waals surface area contributed by atoms with Crippen LogP contribution >= 0.6 is 0 Å². The summed E-state index contributed by atoms with van der Waals surface area (Å²) in [6.07, 6.45) is 7.12. The minimum Gasteiger partial charge on any atom is -0.398 e. The molecule has 0 spiro atoms. The Labute approximate surface area is 284 Å². The van der Waals surface area contributed by atoms with E-state index < -0.39 is 4.92 Å². The first-order valence-corrected chi connectivity index (χ1v) is 15.7. The Kier molecular flexibility index (Phi) is 8.55. The molecule has 0 radical (unpaired) electrons. The first kappa shape index (κ1) is 31.5. The minimum absolute atomic E-state index is 0.00341. The average Bonchev–Trinajstić information content (AvgIpc) is 3.81. The number of nitrogen functional groups attached to an aromatic ring is 1. The average molecular weight is 663 g/mol. The lowest BCUT2D eigenvalue weighted by molar-refractivity contribution is -0.385. The van der Waals surface area contributed by atoms with Gasteiger partial charge in [0.1, 0.15) is 0 Å². The Balaban J connectivity index is 0.000000157. The number of hydrogen-bond acceptors (Lipinski definition) is 7. The molecule has 4 aromatic heterocycles. The van der Waals surface area contributed by atoms with Crippen molar-refractivity contribution >= 4 is 33.2 Å². The van der Waals surface area contributed by atoms with Crippen LogP contribution in [0.1, 0.15) is 11.1 Å². The fraction of sp³-hybridized carbons (Fsp3) is 0.0526. The number of aromatic amines is 2. The van der Waals surface area contributed by atoms with Gasteiger partial charge in [-0.3, -0.25) is 29.9 Å². The van der Waals surface area contributed by atoms with Crippen LogP contribution in [0.15, 0.2) is 144 Å². The molecule has 0 aliphatic carbocycles. The summed E-state index contributed by atoms with van der Waals surface area (Å²) in [6, 6.07) is 32.6. The molecule has 50 heavy (non-hydrogen) atoms. The van der Waals surface area contributed by atoms with Crippen molar-refractivity contribution in [2.45, 2.75) is 13.1 Å². The SMILES string of the molecule is Nc1ccccc1Cn1cc(-c2ccc3cn[nH]c3c2)ccc1=O.O=c1ccc(-c2ccc3cn[nH]c3c2)cn1Cc1ccccc1[N+](=O)[O-]. The van der Waals surface area contributed by atoms with Gasteiger partial charge in [-0.15, -0.1) is 0 Å². The van der Waals surface area contributed by atoms with Crippen molar-refractivity contribution in [3.8, 4) is 22.3 Å². The molecule has 4 heterocycles. The van der Waals surface area contributed by atoms with Crippen LogP contribution in [0.4, 0.5) is 11.4 Å². The number of para-hydroxylation sites is 2. The van der Waals surface area contributed by atoms with Gasteiger partial charge in [0.2, 0.25) is 0 Å². The first-order chi connectivity index (χ1) is 24.3. The number of nitrogens with two attached hydrogens (primary N) is 1. The van der Waals surface area contributed by atoms with E-state index in [0.29, 0.717) is 17.8 Å². The van der Waals surface area contributed by atoms with E-state index in [1.165, 1.54) is 16.7 Å². The number of aromatic nitrogens is 6. The number of nitro benzene ring substituents is 1. The van der Waals surface area contributed by atoms with E-state index >= 15 is 0 Å². The zero-order chi connectivity index (χ0) is 34.6. The number of rotatable bonds is 7. The lowest BCUT2D eigenvalue weighted by Crippen LogP contribution is -2.19. The molecule has 0 saturated heterocycles. The Hall–Kier alpha value is -7.08. The van der Waals surface area contributed by atoms with Gasteiger partial charge in [0.25, 0.3) is 16.8 Å². The molecule has 12 nitrogen and oxygen atoms in total. The van der Waals surface area contributed by atoms with Crippen LogP contribution in [0.3, 0.4) is 0 Å². The van der Waals surface area contributed by atoms with Crippen LogP contribution < -0.4 is 16.9 Å². The van der Waals surface area contributed by atoms with Gasteiger partial charge < -0.3 is 14.9 Å². The smallest absolute Gasteiger partial charge is 0.274 e. The van der Waals surface area contributed by atoms with Gasteiger partial charge in [-0.2, -0.15) is 10.2 Å². The molecule has 12 heteroatoms. The van der Waals surface area contributed by atoms with Crippen molar-refractivity contribution in [1.29, 1.82) is 0 Å². The lowest BCUT2D eigenvalue weighted by atomic mass is 10.1. The summed E-state index contributed by atoms with van der Waals surface area (Å²) in [4.78, 5) is 35.2. The zero-order valence-electron chi connectivity index (χ0n) is 26.6. The van der Waals surface area contributed by atoms with Gasteiger partial charge >= 0.3 is 0 Å². The molecule has 4 N–H and O–H groups in total. The third kappa shape index (κ3) is 6.66. The van der Waals surface area contributed by atoms with Gasteiger partial charge in [-0.05, 0) is 58.1 Å². The third-order valence-electron chi connectivity index (χ3n) is 8.44. The first-order valence-electron chi connectivity index (χ1n) is 15.7. The molecule has 0 aliphatic heterocycles. The third-order valence-corrected chi connectivity index (χ3v) is 8.44. The number of hydrogen-bond donors (Lipinski definition) is 3. The van der Waals surface area contributed by atoms with E-state index in [1.54, 1.807) is 53.5 Å². The quantitative estimate of drug-likeness (QED) is 0.101.